The Hall–Kier alpha value is -0.830. The van der Waals surface area contributed by atoms with E-state index in [2.05, 4.69) is 19.3 Å². The molecule has 4 atom stereocenters. The fraction of sp³-hybridized carbons (Fsp3) is 0.684. The number of allylic oxidation sites excluding steroid dienone is 2. The van der Waals surface area contributed by atoms with E-state index < -0.39 is 0 Å². The number of fused-ring (bicyclic) bond motifs is 5. The minimum atomic E-state index is -0.112. The molecule has 22 heavy (non-hydrogen) atoms. The molecule has 0 aromatic carbocycles. The van der Waals surface area contributed by atoms with Crippen molar-refractivity contribution in [1.82, 2.24) is 0 Å². The van der Waals surface area contributed by atoms with Crippen LogP contribution in [0.5, 0.6) is 0 Å². The van der Waals surface area contributed by atoms with Crippen molar-refractivity contribution in [2.24, 2.45) is 17.3 Å². The van der Waals surface area contributed by atoms with Gasteiger partial charge in [0.15, 0.2) is 5.78 Å². The van der Waals surface area contributed by atoms with Crippen molar-refractivity contribution < 1.29 is 9.59 Å². The van der Waals surface area contributed by atoms with E-state index in [1.54, 1.807) is 5.57 Å². The smallest absolute Gasteiger partial charge is 0.155 e. The first kappa shape index (κ1) is 14.7. The Morgan fingerprint density at radius 3 is 2.77 bits per heavy atom. The van der Waals surface area contributed by atoms with Crippen LogP contribution in [0.2, 0.25) is 0 Å². The number of thioether (sulfide) groups is 1. The van der Waals surface area contributed by atoms with E-state index in [0.29, 0.717) is 29.8 Å². The van der Waals surface area contributed by atoms with Gasteiger partial charge in [-0.05, 0) is 61.8 Å². The van der Waals surface area contributed by atoms with Gasteiger partial charge in [-0.15, -0.1) is 11.8 Å². The standard InChI is InChI=1S/C19H24O2S/c1-18-9-8-16-14(15(18)5-6-17(18)21)4-3-12-11-13(20)7-10-19(12,16)22-2/h8,11,14-15H,3-7,9-10H2,1-2H3/t14?,15?,18-,19+/m0/s1. The highest BCUT2D eigenvalue weighted by Crippen LogP contribution is 2.62. The molecule has 2 saturated carbocycles. The second-order valence-electron chi connectivity index (χ2n) is 7.66. The molecule has 2 nitrogen and oxygen atoms in total. The van der Waals surface area contributed by atoms with E-state index in [0.717, 1.165) is 38.5 Å². The summed E-state index contributed by atoms with van der Waals surface area (Å²) in [4.78, 5) is 24.3. The van der Waals surface area contributed by atoms with Crippen LogP contribution in [0.25, 0.3) is 0 Å². The lowest BCUT2D eigenvalue weighted by Gasteiger charge is -2.52. The van der Waals surface area contributed by atoms with E-state index in [1.807, 2.05) is 17.8 Å². The highest BCUT2D eigenvalue weighted by Gasteiger charge is 2.56. The summed E-state index contributed by atoms with van der Waals surface area (Å²) < 4.78 is 0.0593. The highest BCUT2D eigenvalue weighted by molar-refractivity contribution is 8.00. The van der Waals surface area contributed by atoms with Crippen LogP contribution >= 0.6 is 11.8 Å². The van der Waals surface area contributed by atoms with Crippen molar-refractivity contribution in [1.29, 1.82) is 0 Å². The zero-order chi connectivity index (χ0) is 15.5. The molecular formula is C19H24O2S. The van der Waals surface area contributed by atoms with Gasteiger partial charge in [-0.25, -0.2) is 0 Å². The summed E-state index contributed by atoms with van der Waals surface area (Å²) in [6.45, 7) is 2.20. The average Bonchev–Trinajstić information content (AvgIpc) is 2.82. The molecule has 0 saturated heterocycles. The van der Waals surface area contributed by atoms with Gasteiger partial charge in [-0.1, -0.05) is 18.6 Å². The number of carbonyl (C=O) groups is 2. The summed E-state index contributed by atoms with van der Waals surface area (Å²) in [5.74, 6) is 1.87. The van der Waals surface area contributed by atoms with E-state index in [9.17, 15) is 9.59 Å². The maximum atomic E-state index is 12.4. The Balaban J connectivity index is 1.80. The van der Waals surface area contributed by atoms with Gasteiger partial charge in [-0.2, -0.15) is 0 Å². The van der Waals surface area contributed by atoms with Gasteiger partial charge in [-0.3, -0.25) is 9.59 Å². The third kappa shape index (κ3) is 1.75. The minimum absolute atomic E-state index is 0.0593. The van der Waals surface area contributed by atoms with Crippen molar-refractivity contribution in [3.05, 3.63) is 23.3 Å². The number of hydrogen-bond acceptors (Lipinski definition) is 3. The molecule has 0 amide bonds. The first-order chi connectivity index (χ1) is 10.5. The molecule has 4 aliphatic rings. The van der Waals surface area contributed by atoms with Gasteiger partial charge in [0.2, 0.25) is 0 Å². The summed E-state index contributed by atoms with van der Waals surface area (Å²) in [6, 6.07) is 0. The summed E-state index contributed by atoms with van der Waals surface area (Å²) >= 11 is 1.93. The number of Topliss-reactive ketones (excluding diaryl/α,β-unsaturated/α-hetero) is 1. The predicted molar refractivity (Wildman–Crippen MR) is 89.8 cm³/mol. The number of ketones is 2. The average molecular weight is 316 g/mol. The summed E-state index contributed by atoms with van der Waals surface area (Å²) in [6.07, 6.45) is 13.1. The monoisotopic (exact) mass is 316 g/mol. The van der Waals surface area contributed by atoms with Gasteiger partial charge in [0.05, 0.1) is 4.75 Å². The summed E-state index contributed by atoms with van der Waals surface area (Å²) in [5, 5.41) is 0. The lowest BCUT2D eigenvalue weighted by molar-refractivity contribution is -0.127. The fourth-order valence-corrected chi connectivity index (χ4v) is 6.83. The van der Waals surface area contributed by atoms with Crippen molar-refractivity contribution >= 4 is 23.3 Å². The topological polar surface area (TPSA) is 34.1 Å². The predicted octanol–water partition coefficient (Wildman–Crippen LogP) is 4.10. The molecule has 0 spiro atoms. The molecule has 2 unspecified atom stereocenters. The van der Waals surface area contributed by atoms with Gasteiger partial charge in [0.1, 0.15) is 5.78 Å². The van der Waals surface area contributed by atoms with Gasteiger partial charge in [0.25, 0.3) is 0 Å². The Labute approximate surface area is 136 Å². The molecule has 0 radical (unpaired) electrons. The number of rotatable bonds is 1. The first-order valence-corrected chi connectivity index (χ1v) is 9.76. The molecule has 0 N–H and O–H groups in total. The van der Waals surface area contributed by atoms with Crippen LogP contribution in [-0.2, 0) is 9.59 Å². The minimum Gasteiger partial charge on any atom is -0.299 e. The summed E-state index contributed by atoms with van der Waals surface area (Å²) in [7, 11) is 0. The van der Waals surface area contributed by atoms with Gasteiger partial charge < -0.3 is 0 Å². The van der Waals surface area contributed by atoms with Crippen molar-refractivity contribution in [3.8, 4) is 0 Å². The van der Waals surface area contributed by atoms with Crippen molar-refractivity contribution in [2.45, 2.75) is 56.6 Å². The number of hydrogen-bond donors (Lipinski definition) is 0. The quantitative estimate of drug-likeness (QED) is 0.683. The van der Waals surface area contributed by atoms with Crippen LogP contribution in [0.15, 0.2) is 23.3 Å². The molecule has 118 valence electrons. The first-order valence-electron chi connectivity index (χ1n) is 8.54. The van der Waals surface area contributed by atoms with E-state index in [4.69, 9.17) is 0 Å². The fourth-order valence-electron chi connectivity index (χ4n) is 5.63. The van der Waals surface area contributed by atoms with E-state index in [-0.39, 0.29) is 10.2 Å². The second kappa shape index (κ2) is 4.83. The van der Waals surface area contributed by atoms with Crippen molar-refractivity contribution in [3.63, 3.8) is 0 Å². The molecule has 4 rings (SSSR count). The van der Waals surface area contributed by atoms with Crippen LogP contribution in [0.4, 0.5) is 0 Å². The Morgan fingerprint density at radius 2 is 2.00 bits per heavy atom. The zero-order valence-electron chi connectivity index (χ0n) is 13.5. The Morgan fingerprint density at radius 1 is 1.18 bits per heavy atom. The molecule has 0 aromatic heterocycles. The van der Waals surface area contributed by atoms with Crippen LogP contribution in [0.1, 0.15) is 51.9 Å². The SMILES string of the molecule is CS[C@]12CCC(=O)C=C1CCC1C2=CC[C@]2(C)C(=O)CCC12. The molecule has 0 aromatic rings. The molecule has 2 fully saturated rings. The zero-order valence-corrected chi connectivity index (χ0v) is 14.3. The maximum absolute atomic E-state index is 12.4. The van der Waals surface area contributed by atoms with Crippen LogP contribution in [-0.4, -0.2) is 22.6 Å². The van der Waals surface area contributed by atoms with Crippen LogP contribution in [0, 0.1) is 17.3 Å². The summed E-state index contributed by atoms with van der Waals surface area (Å²) in [5.41, 5.74) is 2.80. The lowest BCUT2D eigenvalue weighted by Crippen LogP contribution is -2.47. The van der Waals surface area contributed by atoms with E-state index >= 15 is 0 Å². The van der Waals surface area contributed by atoms with Gasteiger partial charge in [0, 0.05) is 18.3 Å². The van der Waals surface area contributed by atoms with E-state index in [1.165, 1.54) is 5.57 Å². The Kier molecular flexibility index (Phi) is 3.24. The molecule has 0 aliphatic heterocycles. The second-order valence-corrected chi connectivity index (χ2v) is 8.77. The third-order valence-corrected chi connectivity index (χ3v) is 8.28. The largest absolute Gasteiger partial charge is 0.299 e. The van der Waals surface area contributed by atoms with Crippen molar-refractivity contribution in [2.75, 3.05) is 6.26 Å². The normalized spacial score (nSPS) is 43.9. The molecular weight excluding hydrogens is 292 g/mol. The van der Waals surface area contributed by atoms with Crippen LogP contribution in [0.3, 0.4) is 0 Å². The number of carbonyl (C=O) groups excluding carboxylic acids is 2. The molecule has 0 heterocycles. The third-order valence-electron chi connectivity index (χ3n) is 6.89. The maximum Gasteiger partial charge on any atom is 0.155 e. The lowest BCUT2D eigenvalue weighted by atomic mass is 9.56. The molecule has 0 bridgehead atoms. The van der Waals surface area contributed by atoms with Crippen LogP contribution < -0.4 is 0 Å². The highest BCUT2D eigenvalue weighted by atomic mass is 32.2. The molecule has 3 heteroatoms. The van der Waals surface area contributed by atoms with Gasteiger partial charge >= 0.3 is 0 Å². The Bertz CT molecular complexity index is 617. The molecule has 4 aliphatic carbocycles.